The van der Waals surface area contributed by atoms with Gasteiger partial charge >= 0.3 is 0 Å². The summed E-state index contributed by atoms with van der Waals surface area (Å²) in [4.78, 5) is 11.2. The van der Waals surface area contributed by atoms with Crippen LogP contribution in [0.1, 0.15) is 26.7 Å². The number of carbonyl (C=O) groups is 1. The molecule has 2 N–H and O–H groups in total. The monoisotopic (exact) mass is 185 g/mol. The zero-order chi connectivity index (χ0) is 10.3. The minimum atomic E-state index is -0.964. The van der Waals surface area contributed by atoms with Crippen LogP contribution in [0.4, 0.5) is 0 Å². The Morgan fingerprint density at radius 3 is 2.77 bits per heavy atom. The molecule has 0 radical (unpaired) electrons. The molecule has 13 heavy (non-hydrogen) atoms. The number of carbonyl (C=O) groups excluding carboxylic acids is 1. The maximum Gasteiger partial charge on any atom is 0.249 e. The highest BCUT2D eigenvalue weighted by Gasteiger charge is 2.18. The molecule has 0 rings (SSSR count). The summed E-state index contributed by atoms with van der Waals surface area (Å²) in [7, 11) is 0. The van der Waals surface area contributed by atoms with Gasteiger partial charge in [-0.2, -0.15) is 0 Å². The second kappa shape index (κ2) is 6.66. The van der Waals surface area contributed by atoms with Crippen molar-refractivity contribution in [3.05, 3.63) is 12.7 Å². The summed E-state index contributed by atoms with van der Waals surface area (Å²) in [5.74, 6) is -0.498. The summed E-state index contributed by atoms with van der Waals surface area (Å²) in [5.41, 5.74) is 0. The molecule has 0 aromatic heterocycles. The number of hydrogen-bond acceptors (Lipinski definition) is 2. The van der Waals surface area contributed by atoms with Gasteiger partial charge in [-0.25, -0.2) is 0 Å². The van der Waals surface area contributed by atoms with Crippen LogP contribution in [-0.2, 0) is 4.79 Å². The number of hydrogen-bond donors (Lipinski definition) is 2. The first-order valence-corrected chi connectivity index (χ1v) is 4.71. The predicted octanol–water partition coefficient (Wildman–Crippen LogP) is 1.09. The van der Waals surface area contributed by atoms with Crippen molar-refractivity contribution >= 4 is 5.91 Å². The van der Waals surface area contributed by atoms with Gasteiger partial charge in [0.05, 0.1) is 0 Å². The molecule has 0 saturated heterocycles. The summed E-state index contributed by atoms with van der Waals surface area (Å²) in [6.07, 6.45) is 2.59. The largest absolute Gasteiger partial charge is 0.383 e. The van der Waals surface area contributed by atoms with E-state index in [9.17, 15) is 9.90 Å². The Morgan fingerprint density at radius 2 is 2.31 bits per heavy atom. The van der Waals surface area contributed by atoms with Crippen molar-refractivity contribution in [3.8, 4) is 0 Å². The van der Waals surface area contributed by atoms with Crippen molar-refractivity contribution < 1.29 is 9.90 Å². The molecule has 2 unspecified atom stereocenters. The maximum absolute atomic E-state index is 11.2. The summed E-state index contributed by atoms with van der Waals surface area (Å²) < 4.78 is 0. The van der Waals surface area contributed by atoms with Crippen LogP contribution in [-0.4, -0.2) is 23.7 Å². The van der Waals surface area contributed by atoms with Crippen molar-refractivity contribution in [2.24, 2.45) is 5.92 Å². The van der Waals surface area contributed by atoms with Crippen molar-refractivity contribution in [2.75, 3.05) is 6.54 Å². The van der Waals surface area contributed by atoms with Crippen molar-refractivity contribution in [3.63, 3.8) is 0 Å². The van der Waals surface area contributed by atoms with E-state index in [-0.39, 0.29) is 11.8 Å². The fourth-order valence-electron chi connectivity index (χ4n) is 0.861. The van der Waals surface area contributed by atoms with Gasteiger partial charge in [-0.15, -0.1) is 6.58 Å². The predicted molar refractivity (Wildman–Crippen MR) is 53.3 cm³/mol. The number of rotatable bonds is 6. The first-order chi connectivity index (χ1) is 6.13. The Labute approximate surface area is 79.8 Å². The van der Waals surface area contributed by atoms with Gasteiger partial charge in [-0.3, -0.25) is 4.79 Å². The van der Waals surface area contributed by atoms with Crippen LogP contribution in [0, 0.1) is 5.92 Å². The van der Waals surface area contributed by atoms with E-state index in [1.807, 2.05) is 0 Å². The van der Waals surface area contributed by atoms with Gasteiger partial charge < -0.3 is 10.4 Å². The Kier molecular flexibility index (Phi) is 6.24. The molecule has 0 aliphatic rings. The zero-order valence-corrected chi connectivity index (χ0v) is 8.42. The lowest BCUT2D eigenvalue weighted by atomic mass is 10.0. The Hall–Kier alpha value is -0.830. The van der Waals surface area contributed by atoms with Gasteiger partial charge in [0.2, 0.25) is 5.91 Å². The Balaban J connectivity index is 3.75. The van der Waals surface area contributed by atoms with Gasteiger partial charge in [0.25, 0.3) is 0 Å². The molecule has 3 nitrogen and oxygen atoms in total. The van der Waals surface area contributed by atoms with E-state index in [4.69, 9.17) is 0 Å². The lowest BCUT2D eigenvalue weighted by Crippen LogP contribution is -2.38. The van der Waals surface area contributed by atoms with Gasteiger partial charge in [-0.1, -0.05) is 26.3 Å². The molecule has 0 bridgehead atoms. The van der Waals surface area contributed by atoms with Crippen molar-refractivity contribution in [2.45, 2.75) is 32.8 Å². The van der Waals surface area contributed by atoms with Crippen molar-refractivity contribution in [1.82, 2.24) is 5.32 Å². The molecule has 0 aliphatic carbocycles. The summed E-state index contributed by atoms with van der Waals surface area (Å²) >= 11 is 0. The van der Waals surface area contributed by atoms with Crippen LogP contribution in [0.2, 0.25) is 0 Å². The fourth-order valence-corrected chi connectivity index (χ4v) is 0.861. The van der Waals surface area contributed by atoms with E-state index in [1.165, 1.54) is 0 Å². The van der Waals surface area contributed by atoms with E-state index in [2.05, 4.69) is 18.8 Å². The fraction of sp³-hybridized carbons (Fsp3) is 0.700. The lowest BCUT2D eigenvalue weighted by Gasteiger charge is -2.14. The molecular weight excluding hydrogens is 166 g/mol. The third-order valence-electron chi connectivity index (χ3n) is 1.97. The quantitative estimate of drug-likeness (QED) is 0.480. The molecule has 0 fully saturated rings. The topological polar surface area (TPSA) is 49.3 Å². The third kappa shape index (κ3) is 4.68. The molecule has 0 spiro atoms. The average Bonchev–Trinajstić information content (AvgIpc) is 2.15. The second-order valence-corrected chi connectivity index (χ2v) is 3.18. The van der Waals surface area contributed by atoms with E-state index < -0.39 is 6.10 Å². The standard InChI is InChI=1S/C10H19NO2/c1-4-6-7-11-10(13)9(12)8(3)5-2/h5,8-9,12H,2,4,6-7H2,1,3H3,(H,11,13). The van der Waals surface area contributed by atoms with E-state index in [0.717, 1.165) is 12.8 Å². The average molecular weight is 185 g/mol. The molecule has 0 aliphatic heterocycles. The summed E-state index contributed by atoms with van der Waals surface area (Å²) in [6.45, 7) is 7.97. The molecule has 0 aromatic carbocycles. The summed E-state index contributed by atoms with van der Waals surface area (Å²) in [6, 6.07) is 0. The molecule has 0 heterocycles. The van der Waals surface area contributed by atoms with Crippen LogP contribution in [0.15, 0.2) is 12.7 Å². The van der Waals surface area contributed by atoms with E-state index >= 15 is 0 Å². The normalized spacial score (nSPS) is 14.7. The molecule has 2 atom stereocenters. The Morgan fingerprint density at radius 1 is 1.69 bits per heavy atom. The third-order valence-corrected chi connectivity index (χ3v) is 1.97. The van der Waals surface area contributed by atoms with Gasteiger partial charge in [-0.05, 0) is 6.42 Å². The van der Waals surface area contributed by atoms with Crippen LogP contribution in [0.3, 0.4) is 0 Å². The van der Waals surface area contributed by atoms with Crippen molar-refractivity contribution in [1.29, 1.82) is 0 Å². The zero-order valence-electron chi connectivity index (χ0n) is 8.42. The highest BCUT2D eigenvalue weighted by molar-refractivity contribution is 5.80. The molecule has 0 aromatic rings. The first kappa shape index (κ1) is 12.2. The number of aliphatic hydroxyl groups excluding tert-OH is 1. The van der Waals surface area contributed by atoms with Gasteiger partial charge in [0.15, 0.2) is 0 Å². The van der Waals surface area contributed by atoms with Crippen LogP contribution in [0.5, 0.6) is 0 Å². The smallest absolute Gasteiger partial charge is 0.249 e. The minimum absolute atomic E-state index is 0.193. The van der Waals surface area contributed by atoms with E-state index in [1.54, 1.807) is 13.0 Å². The molecule has 76 valence electrons. The Bertz CT molecular complexity index is 168. The second-order valence-electron chi connectivity index (χ2n) is 3.18. The van der Waals surface area contributed by atoms with Gasteiger partial charge in [0, 0.05) is 12.5 Å². The van der Waals surface area contributed by atoms with Crippen LogP contribution in [0.25, 0.3) is 0 Å². The highest BCUT2D eigenvalue weighted by Crippen LogP contribution is 2.03. The van der Waals surface area contributed by atoms with E-state index in [0.29, 0.717) is 6.54 Å². The van der Waals surface area contributed by atoms with Crippen LogP contribution >= 0.6 is 0 Å². The van der Waals surface area contributed by atoms with Crippen LogP contribution < -0.4 is 5.32 Å². The molecule has 3 heteroatoms. The maximum atomic E-state index is 11.2. The number of aliphatic hydroxyl groups is 1. The SMILES string of the molecule is C=CC(C)C(O)C(=O)NCCCC. The highest BCUT2D eigenvalue weighted by atomic mass is 16.3. The molecular formula is C10H19NO2. The first-order valence-electron chi connectivity index (χ1n) is 4.71. The minimum Gasteiger partial charge on any atom is -0.383 e. The lowest BCUT2D eigenvalue weighted by molar-refractivity contribution is -0.130. The van der Waals surface area contributed by atoms with Gasteiger partial charge in [0.1, 0.15) is 6.10 Å². The molecule has 1 amide bonds. The number of amides is 1. The number of unbranched alkanes of at least 4 members (excludes halogenated alkanes) is 1. The molecule has 0 saturated carbocycles. The summed E-state index contributed by atoms with van der Waals surface area (Å²) in [5, 5.41) is 12.1. The number of nitrogens with one attached hydrogen (secondary N) is 1.